The Bertz CT molecular complexity index is 673. The molecule has 1 aliphatic heterocycles. The summed E-state index contributed by atoms with van der Waals surface area (Å²) in [7, 11) is 0. The van der Waals surface area contributed by atoms with E-state index in [1.165, 1.54) is 0 Å². The first kappa shape index (κ1) is 17.9. The predicted molar refractivity (Wildman–Crippen MR) is 95.8 cm³/mol. The lowest BCUT2D eigenvalue weighted by atomic mass is 10.2. The molecular formula is C19H27N3O3. The SMILES string of the molecule is Cc1cccc(OC[C@@H](O)CN2CCO[C@H](Cn3cc(C)cn3)C2)c1. The lowest BCUT2D eigenvalue weighted by molar-refractivity contribution is -0.0517. The highest BCUT2D eigenvalue weighted by Crippen LogP contribution is 2.13. The Hall–Kier alpha value is -1.89. The fourth-order valence-electron chi connectivity index (χ4n) is 3.08. The van der Waals surface area contributed by atoms with E-state index in [1.807, 2.05) is 55.2 Å². The van der Waals surface area contributed by atoms with Crippen molar-refractivity contribution in [3.63, 3.8) is 0 Å². The maximum Gasteiger partial charge on any atom is 0.119 e. The first-order chi connectivity index (χ1) is 12.1. The van der Waals surface area contributed by atoms with Crippen LogP contribution < -0.4 is 4.74 Å². The van der Waals surface area contributed by atoms with Crippen molar-refractivity contribution in [1.82, 2.24) is 14.7 Å². The van der Waals surface area contributed by atoms with E-state index < -0.39 is 6.10 Å². The van der Waals surface area contributed by atoms with E-state index in [1.54, 1.807) is 0 Å². The van der Waals surface area contributed by atoms with Crippen LogP contribution >= 0.6 is 0 Å². The molecule has 0 bridgehead atoms. The zero-order chi connectivity index (χ0) is 17.6. The number of nitrogens with zero attached hydrogens (tertiary/aromatic N) is 3. The molecule has 1 aromatic heterocycles. The molecule has 25 heavy (non-hydrogen) atoms. The first-order valence-electron chi connectivity index (χ1n) is 8.79. The summed E-state index contributed by atoms with van der Waals surface area (Å²) in [6.07, 6.45) is 3.45. The highest BCUT2D eigenvalue weighted by molar-refractivity contribution is 5.27. The molecule has 6 heteroatoms. The van der Waals surface area contributed by atoms with E-state index in [0.29, 0.717) is 19.8 Å². The monoisotopic (exact) mass is 345 g/mol. The Labute approximate surface area is 149 Å². The molecule has 1 fully saturated rings. The van der Waals surface area contributed by atoms with Gasteiger partial charge < -0.3 is 14.6 Å². The molecule has 1 aliphatic rings. The van der Waals surface area contributed by atoms with Gasteiger partial charge in [0.05, 0.1) is 25.5 Å². The lowest BCUT2D eigenvalue weighted by Crippen LogP contribution is -2.47. The van der Waals surface area contributed by atoms with Crippen LogP contribution in [0.4, 0.5) is 0 Å². The van der Waals surface area contributed by atoms with Gasteiger partial charge in [-0.1, -0.05) is 12.1 Å². The molecule has 1 N–H and O–H groups in total. The number of benzene rings is 1. The summed E-state index contributed by atoms with van der Waals surface area (Å²) >= 11 is 0. The Balaban J connectivity index is 1.43. The highest BCUT2D eigenvalue weighted by Gasteiger charge is 2.23. The average Bonchev–Trinajstić information content (AvgIpc) is 2.98. The normalized spacial score (nSPS) is 19.7. The summed E-state index contributed by atoms with van der Waals surface area (Å²) < 4.78 is 13.4. The van der Waals surface area contributed by atoms with Crippen LogP contribution in [0.2, 0.25) is 0 Å². The Morgan fingerprint density at radius 1 is 1.36 bits per heavy atom. The summed E-state index contributed by atoms with van der Waals surface area (Å²) in [4.78, 5) is 2.23. The molecule has 136 valence electrons. The molecule has 0 amide bonds. The van der Waals surface area contributed by atoms with Crippen LogP contribution in [0.25, 0.3) is 0 Å². The van der Waals surface area contributed by atoms with Gasteiger partial charge in [0.15, 0.2) is 0 Å². The Kier molecular flexibility index (Phi) is 6.07. The van der Waals surface area contributed by atoms with Gasteiger partial charge in [0.2, 0.25) is 0 Å². The van der Waals surface area contributed by atoms with E-state index >= 15 is 0 Å². The van der Waals surface area contributed by atoms with Crippen LogP contribution in [0.15, 0.2) is 36.7 Å². The number of hydrogen-bond acceptors (Lipinski definition) is 5. The van der Waals surface area contributed by atoms with E-state index in [-0.39, 0.29) is 6.10 Å². The van der Waals surface area contributed by atoms with E-state index in [9.17, 15) is 5.11 Å². The van der Waals surface area contributed by atoms with Gasteiger partial charge in [0, 0.05) is 25.8 Å². The second-order valence-electron chi connectivity index (χ2n) is 6.77. The van der Waals surface area contributed by atoms with Gasteiger partial charge in [-0.3, -0.25) is 9.58 Å². The van der Waals surface area contributed by atoms with Gasteiger partial charge in [-0.15, -0.1) is 0 Å². The number of β-amino-alcohol motifs (C(OH)–C–C–N with tert-alkyl or cyclic N) is 1. The number of hydrogen-bond donors (Lipinski definition) is 1. The van der Waals surface area contributed by atoms with Crippen molar-refractivity contribution >= 4 is 0 Å². The zero-order valence-electron chi connectivity index (χ0n) is 15.0. The second-order valence-corrected chi connectivity index (χ2v) is 6.77. The van der Waals surface area contributed by atoms with Crippen LogP contribution in [-0.2, 0) is 11.3 Å². The molecule has 1 saturated heterocycles. The number of ether oxygens (including phenoxy) is 2. The summed E-state index contributed by atoms with van der Waals surface area (Å²) in [6.45, 7) is 7.97. The summed E-state index contributed by atoms with van der Waals surface area (Å²) in [5.74, 6) is 0.799. The van der Waals surface area contributed by atoms with Crippen molar-refractivity contribution in [3.8, 4) is 5.75 Å². The van der Waals surface area contributed by atoms with Crippen molar-refractivity contribution < 1.29 is 14.6 Å². The summed E-state index contributed by atoms with van der Waals surface area (Å²) in [5, 5.41) is 14.6. The molecule has 0 saturated carbocycles. The van der Waals surface area contributed by atoms with Crippen molar-refractivity contribution in [2.75, 3.05) is 32.8 Å². The van der Waals surface area contributed by atoms with Gasteiger partial charge in [-0.2, -0.15) is 5.10 Å². The fraction of sp³-hybridized carbons (Fsp3) is 0.526. The minimum Gasteiger partial charge on any atom is -0.491 e. The molecule has 0 spiro atoms. The Morgan fingerprint density at radius 2 is 2.24 bits per heavy atom. The molecule has 0 aliphatic carbocycles. The number of morpholine rings is 1. The van der Waals surface area contributed by atoms with Crippen molar-refractivity contribution in [1.29, 1.82) is 0 Å². The molecule has 6 nitrogen and oxygen atoms in total. The number of aromatic nitrogens is 2. The molecule has 2 atom stereocenters. The highest BCUT2D eigenvalue weighted by atomic mass is 16.5. The number of aryl methyl sites for hydroxylation is 2. The largest absolute Gasteiger partial charge is 0.491 e. The number of aliphatic hydroxyl groups excluding tert-OH is 1. The minimum atomic E-state index is -0.522. The molecule has 3 rings (SSSR count). The maximum atomic E-state index is 10.3. The van der Waals surface area contributed by atoms with Crippen molar-refractivity contribution in [2.45, 2.75) is 32.6 Å². The topological polar surface area (TPSA) is 59.8 Å². The smallest absolute Gasteiger partial charge is 0.119 e. The summed E-state index contributed by atoms with van der Waals surface area (Å²) in [6, 6.07) is 7.87. The molecule has 0 radical (unpaired) electrons. The summed E-state index contributed by atoms with van der Waals surface area (Å²) in [5.41, 5.74) is 2.30. The third-order valence-corrected chi connectivity index (χ3v) is 4.28. The third kappa shape index (κ3) is 5.56. The van der Waals surface area contributed by atoms with Crippen LogP contribution in [0.1, 0.15) is 11.1 Å². The van der Waals surface area contributed by atoms with Crippen LogP contribution in [0, 0.1) is 13.8 Å². The molecule has 2 heterocycles. The van der Waals surface area contributed by atoms with Crippen LogP contribution in [0.3, 0.4) is 0 Å². The third-order valence-electron chi connectivity index (χ3n) is 4.28. The van der Waals surface area contributed by atoms with Crippen LogP contribution in [0.5, 0.6) is 5.75 Å². The quantitative estimate of drug-likeness (QED) is 0.827. The van der Waals surface area contributed by atoms with Gasteiger partial charge >= 0.3 is 0 Å². The average molecular weight is 345 g/mol. The van der Waals surface area contributed by atoms with Crippen molar-refractivity contribution in [3.05, 3.63) is 47.8 Å². The van der Waals surface area contributed by atoms with Gasteiger partial charge in [0.1, 0.15) is 18.5 Å². The van der Waals surface area contributed by atoms with E-state index in [2.05, 4.69) is 10.00 Å². The zero-order valence-corrected chi connectivity index (χ0v) is 15.0. The molecule has 1 aromatic carbocycles. The first-order valence-corrected chi connectivity index (χ1v) is 8.79. The van der Waals surface area contributed by atoms with Crippen LogP contribution in [-0.4, -0.2) is 64.8 Å². The van der Waals surface area contributed by atoms with E-state index in [4.69, 9.17) is 9.47 Å². The van der Waals surface area contributed by atoms with Crippen molar-refractivity contribution in [2.24, 2.45) is 0 Å². The fourth-order valence-corrected chi connectivity index (χ4v) is 3.08. The minimum absolute atomic E-state index is 0.0953. The van der Waals surface area contributed by atoms with E-state index in [0.717, 1.165) is 36.5 Å². The molecule has 2 aromatic rings. The Morgan fingerprint density at radius 3 is 3.00 bits per heavy atom. The van der Waals surface area contributed by atoms with Gasteiger partial charge in [-0.05, 0) is 37.1 Å². The predicted octanol–water partition coefficient (Wildman–Crippen LogP) is 1.64. The standard InChI is InChI=1S/C19H27N3O3/c1-15-4-3-5-18(8-15)25-14-17(23)11-21-6-7-24-19(12-21)13-22-10-16(2)9-20-22/h3-5,8-10,17,19,23H,6-7,11-14H2,1-2H3/t17-,19-/m0/s1. The van der Waals surface area contributed by atoms with Gasteiger partial charge in [0.25, 0.3) is 0 Å². The number of rotatable bonds is 7. The number of aliphatic hydroxyl groups is 1. The van der Waals surface area contributed by atoms with Gasteiger partial charge in [-0.25, -0.2) is 0 Å². The molecule has 0 unspecified atom stereocenters. The molecular weight excluding hydrogens is 318 g/mol. The lowest BCUT2D eigenvalue weighted by Gasteiger charge is -2.34. The maximum absolute atomic E-state index is 10.3. The second kappa shape index (κ2) is 8.47.